The minimum atomic E-state index is -4.61. The molecule has 0 saturated heterocycles. The molecule has 0 amide bonds. The molecule has 21 heavy (non-hydrogen) atoms. The molecule has 0 radical (unpaired) electrons. The zero-order valence-electron chi connectivity index (χ0n) is 11.4. The van der Waals surface area contributed by atoms with Crippen molar-refractivity contribution in [3.8, 4) is 0 Å². The summed E-state index contributed by atoms with van der Waals surface area (Å²) in [5, 5.41) is 13.8. The Morgan fingerprint density at radius 2 is 2.10 bits per heavy atom. The summed E-state index contributed by atoms with van der Waals surface area (Å²) in [4.78, 5) is 10.1. The van der Waals surface area contributed by atoms with E-state index in [1.54, 1.807) is 7.11 Å². The molecule has 0 atom stereocenters. The highest BCUT2D eigenvalue weighted by atomic mass is 19.4. The minimum absolute atomic E-state index is 0.0660. The second kappa shape index (κ2) is 5.51. The number of nitro benzene ring substituents is 1. The van der Waals surface area contributed by atoms with Crippen LogP contribution < -0.4 is 5.32 Å². The van der Waals surface area contributed by atoms with Crippen molar-refractivity contribution < 1.29 is 22.8 Å². The third kappa shape index (κ3) is 3.26. The van der Waals surface area contributed by atoms with Crippen LogP contribution >= 0.6 is 0 Å². The van der Waals surface area contributed by atoms with Crippen LogP contribution in [0.25, 0.3) is 0 Å². The first kappa shape index (κ1) is 15.6. The molecule has 116 valence electrons. The zero-order chi connectivity index (χ0) is 15.7. The van der Waals surface area contributed by atoms with Crippen molar-refractivity contribution in [3.63, 3.8) is 0 Å². The van der Waals surface area contributed by atoms with Gasteiger partial charge in [-0.1, -0.05) is 0 Å². The molecule has 0 spiro atoms. The first-order valence-corrected chi connectivity index (χ1v) is 6.42. The largest absolute Gasteiger partial charge is 0.416 e. The van der Waals surface area contributed by atoms with Gasteiger partial charge in [-0.2, -0.15) is 13.2 Å². The fourth-order valence-corrected chi connectivity index (χ4v) is 2.29. The number of hydrogen-bond acceptors (Lipinski definition) is 4. The average molecular weight is 304 g/mol. The van der Waals surface area contributed by atoms with Crippen molar-refractivity contribution >= 4 is 11.4 Å². The van der Waals surface area contributed by atoms with Crippen molar-refractivity contribution in [1.29, 1.82) is 0 Å². The first-order valence-electron chi connectivity index (χ1n) is 6.42. The van der Waals surface area contributed by atoms with E-state index in [0.717, 1.165) is 31.4 Å². The third-order valence-electron chi connectivity index (χ3n) is 3.82. The van der Waals surface area contributed by atoms with Gasteiger partial charge in [0.2, 0.25) is 0 Å². The van der Waals surface area contributed by atoms with Crippen LogP contribution in [-0.2, 0) is 10.9 Å². The molecule has 8 heteroatoms. The Labute approximate surface area is 119 Å². The van der Waals surface area contributed by atoms with Gasteiger partial charge in [0, 0.05) is 19.7 Å². The molecule has 0 heterocycles. The average Bonchev–Trinajstić information content (AvgIpc) is 2.36. The molecular weight excluding hydrogens is 289 g/mol. The normalized spacial score (nSPS) is 17.1. The summed E-state index contributed by atoms with van der Waals surface area (Å²) in [7, 11) is 1.56. The lowest BCUT2D eigenvalue weighted by Crippen LogP contribution is -2.45. The molecule has 1 saturated carbocycles. The predicted molar refractivity (Wildman–Crippen MR) is 70.2 cm³/mol. The van der Waals surface area contributed by atoms with Gasteiger partial charge in [0.1, 0.15) is 5.69 Å². The van der Waals surface area contributed by atoms with Crippen LogP contribution in [0.1, 0.15) is 24.8 Å². The SMILES string of the molecule is COC1(CNc2ccc(C(F)(F)F)cc2[N+](=O)[O-])CCC1. The highest BCUT2D eigenvalue weighted by Gasteiger charge is 2.38. The number of methoxy groups -OCH3 is 1. The van der Waals surface area contributed by atoms with E-state index < -0.39 is 22.4 Å². The Kier molecular flexibility index (Phi) is 4.08. The highest BCUT2D eigenvalue weighted by molar-refractivity contribution is 5.63. The standard InChI is InChI=1S/C13H15F3N2O3/c1-21-12(5-2-6-12)8-17-10-4-3-9(13(14,15)16)7-11(10)18(19)20/h3-4,7,17H,2,5-6,8H2,1H3. The molecule has 1 aliphatic rings. The van der Waals surface area contributed by atoms with Gasteiger partial charge in [-0.15, -0.1) is 0 Å². The molecule has 1 N–H and O–H groups in total. The smallest absolute Gasteiger partial charge is 0.377 e. The van der Waals surface area contributed by atoms with E-state index in [2.05, 4.69) is 5.32 Å². The van der Waals surface area contributed by atoms with Crippen LogP contribution in [0.2, 0.25) is 0 Å². The van der Waals surface area contributed by atoms with Crippen molar-refractivity contribution in [2.75, 3.05) is 19.0 Å². The first-order chi connectivity index (χ1) is 9.77. The number of nitrogens with one attached hydrogen (secondary N) is 1. The van der Waals surface area contributed by atoms with Gasteiger partial charge >= 0.3 is 6.18 Å². The monoisotopic (exact) mass is 304 g/mol. The molecule has 0 aliphatic heterocycles. The Balaban J connectivity index is 2.21. The number of anilines is 1. The highest BCUT2D eigenvalue weighted by Crippen LogP contribution is 2.38. The zero-order valence-corrected chi connectivity index (χ0v) is 11.4. The topological polar surface area (TPSA) is 64.4 Å². The van der Waals surface area contributed by atoms with Gasteiger partial charge in [0.25, 0.3) is 5.69 Å². The van der Waals surface area contributed by atoms with E-state index in [9.17, 15) is 23.3 Å². The Morgan fingerprint density at radius 3 is 2.52 bits per heavy atom. The summed E-state index contributed by atoms with van der Waals surface area (Å²) in [6.07, 6.45) is -1.95. The summed E-state index contributed by atoms with van der Waals surface area (Å²) in [6.45, 7) is 0.329. The molecule has 1 aliphatic carbocycles. The number of rotatable bonds is 5. The molecule has 1 fully saturated rings. The molecule has 1 aromatic carbocycles. The lowest BCUT2D eigenvalue weighted by molar-refractivity contribution is -0.384. The molecule has 1 aromatic rings. The van der Waals surface area contributed by atoms with E-state index in [1.807, 2.05) is 0 Å². The minimum Gasteiger partial charge on any atom is -0.377 e. The quantitative estimate of drug-likeness (QED) is 0.667. The van der Waals surface area contributed by atoms with E-state index >= 15 is 0 Å². The van der Waals surface area contributed by atoms with Crippen molar-refractivity contribution in [2.45, 2.75) is 31.0 Å². The lowest BCUT2D eigenvalue weighted by atomic mass is 9.80. The van der Waals surface area contributed by atoms with Crippen LogP contribution in [0.3, 0.4) is 0 Å². The van der Waals surface area contributed by atoms with Crippen LogP contribution in [0, 0.1) is 10.1 Å². The van der Waals surface area contributed by atoms with Crippen LogP contribution in [0.15, 0.2) is 18.2 Å². The van der Waals surface area contributed by atoms with Crippen LogP contribution in [-0.4, -0.2) is 24.2 Å². The number of nitro groups is 1. The van der Waals surface area contributed by atoms with Gasteiger partial charge in [0.15, 0.2) is 0 Å². The maximum atomic E-state index is 12.6. The van der Waals surface area contributed by atoms with Gasteiger partial charge in [-0.3, -0.25) is 10.1 Å². The predicted octanol–water partition coefficient (Wildman–Crippen LogP) is 3.59. The molecule has 2 rings (SSSR count). The van der Waals surface area contributed by atoms with E-state index in [4.69, 9.17) is 4.74 Å². The maximum absolute atomic E-state index is 12.6. The van der Waals surface area contributed by atoms with Crippen LogP contribution in [0.4, 0.5) is 24.5 Å². The summed E-state index contributed by atoms with van der Waals surface area (Å²) in [5.74, 6) is 0. The number of nitrogens with zero attached hydrogens (tertiary/aromatic N) is 1. The number of halogens is 3. The summed E-state index contributed by atoms with van der Waals surface area (Å²) >= 11 is 0. The van der Waals surface area contributed by atoms with Gasteiger partial charge in [0.05, 0.1) is 16.1 Å². The summed E-state index contributed by atoms with van der Waals surface area (Å²) < 4.78 is 43.1. The molecule has 5 nitrogen and oxygen atoms in total. The van der Waals surface area contributed by atoms with Crippen molar-refractivity contribution in [1.82, 2.24) is 0 Å². The molecule has 0 unspecified atom stereocenters. The van der Waals surface area contributed by atoms with Gasteiger partial charge in [-0.25, -0.2) is 0 Å². The van der Waals surface area contributed by atoms with Crippen molar-refractivity contribution in [3.05, 3.63) is 33.9 Å². The Morgan fingerprint density at radius 1 is 1.43 bits per heavy atom. The number of benzene rings is 1. The van der Waals surface area contributed by atoms with E-state index in [-0.39, 0.29) is 11.3 Å². The Hall–Kier alpha value is -1.83. The van der Waals surface area contributed by atoms with Gasteiger partial charge in [-0.05, 0) is 31.4 Å². The van der Waals surface area contributed by atoms with Crippen LogP contribution in [0.5, 0.6) is 0 Å². The van der Waals surface area contributed by atoms with E-state index in [0.29, 0.717) is 12.6 Å². The Bertz CT molecular complexity index is 536. The second-order valence-electron chi connectivity index (χ2n) is 5.08. The lowest BCUT2D eigenvalue weighted by Gasteiger charge is -2.40. The van der Waals surface area contributed by atoms with Crippen molar-refractivity contribution in [2.24, 2.45) is 0 Å². The number of alkyl halides is 3. The number of hydrogen-bond donors (Lipinski definition) is 1. The molecular formula is C13H15F3N2O3. The maximum Gasteiger partial charge on any atom is 0.416 e. The van der Waals surface area contributed by atoms with E-state index in [1.165, 1.54) is 0 Å². The number of ether oxygens (including phenoxy) is 1. The summed E-state index contributed by atoms with van der Waals surface area (Å²) in [5.41, 5.74) is -1.94. The fraction of sp³-hybridized carbons (Fsp3) is 0.538. The molecule has 0 bridgehead atoms. The molecule has 0 aromatic heterocycles. The van der Waals surface area contributed by atoms with Gasteiger partial charge < -0.3 is 10.1 Å². The third-order valence-corrected chi connectivity index (χ3v) is 3.82. The fourth-order valence-electron chi connectivity index (χ4n) is 2.29. The summed E-state index contributed by atoms with van der Waals surface area (Å²) in [6, 6.07) is 2.46. The second-order valence-corrected chi connectivity index (χ2v) is 5.08.